The van der Waals surface area contributed by atoms with Crippen molar-refractivity contribution in [3.63, 3.8) is 0 Å². The lowest BCUT2D eigenvalue weighted by Crippen LogP contribution is -2.30. The van der Waals surface area contributed by atoms with Gasteiger partial charge in [0.1, 0.15) is 5.58 Å². The van der Waals surface area contributed by atoms with E-state index in [9.17, 15) is 0 Å². The first-order chi connectivity index (χ1) is 11.8. The third-order valence-corrected chi connectivity index (χ3v) is 4.63. The molecule has 5 heteroatoms. The van der Waals surface area contributed by atoms with Gasteiger partial charge in [0.2, 0.25) is 0 Å². The quantitative estimate of drug-likeness (QED) is 0.740. The number of aryl methyl sites for hydroxylation is 1. The van der Waals surface area contributed by atoms with Gasteiger partial charge in [-0.2, -0.15) is 5.10 Å². The predicted molar refractivity (Wildman–Crippen MR) is 92.7 cm³/mol. The zero-order valence-corrected chi connectivity index (χ0v) is 14.0. The molecule has 2 aromatic heterocycles. The van der Waals surface area contributed by atoms with Crippen LogP contribution in [0.2, 0.25) is 0 Å². The molecule has 1 saturated heterocycles. The number of ether oxygens (including phenoxy) is 1. The SMILES string of the molecule is Cn1cc(CN2CCOCC(Cc3ccc4ccoc4c3)C2)cn1. The van der Waals surface area contributed by atoms with Crippen molar-refractivity contribution in [3.05, 3.63) is 54.0 Å². The van der Waals surface area contributed by atoms with Crippen LogP contribution in [-0.2, 0) is 24.8 Å². The highest BCUT2D eigenvalue weighted by Gasteiger charge is 2.20. The summed E-state index contributed by atoms with van der Waals surface area (Å²) < 4.78 is 13.2. The fourth-order valence-electron chi connectivity index (χ4n) is 3.49. The van der Waals surface area contributed by atoms with E-state index in [4.69, 9.17) is 9.15 Å². The van der Waals surface area contributed by atoms with Gasteiger partial charge in [0.05, 0.1) is 25.7 Å². The van der Waals surface area contributed by atoms with Gasteiger partial charge in [0.25, 0.3) is 0 Å². The number of nitrogens with zero attached hydrogens (tertiary/aromatic N) is 3. The topological polar surface area (TPSA) is 43.4 Å². The maximum Gasteiger partial charge on any atom is 0.134 e. The third kappa shape index (κ3) is 3.52. The van der Waals surface area contributed by atoms with Gasteiger partial charge in [-0.05, 0) is 30.0 Å². The molecule has 0 bridgehead atoms. The van der Waals surface area contributed by atoms with Gasteiger partial charge < -0.3 is 9.15 Å². The third-order valence-electron chi connectivity index (χ3n) is 4.63. The maximum absolute atomic E-state index is 5.84. The van der Waals surface area contributed by atoms with Crippen LogP contribution in [0.4, 0.5) is 0 Å². The summed E-state index contributed by atoms with van der Waals surface area (Å²) in [4.78, 5) is 2.47. The summed E-state index contributed by atoms with van der Waals surface area (Å²) in [5, 5.41) is 5.43. The summed E-state index contributed by atoms with van der Waals surface area (Å²) in [5.41, 5.74) is 3.54. The fourth-order valence-corrected chi connectivity index (χ4v) is 3.49. The molecular weight excluding hydrogens is 302 g/mol. The van der Waals surface area contributed by atoms with Crippen molar-refractivity contribution in [1.29, 1.82) is 0 Å². The minimum atomic E-state index is 0.497. The number of hydrogen-bond acceptors (Lipinski definition) is 4. The average Bonchev–Trinajstić information content (AvgIpc) is 3.13. The van der Waals surface area contributed by atoms with Gasteiger partial charge in [-0.15, -0.1) is 0 Å². The van der Waals surface area contributed by atoms with Crippen LogP contribution >= 0.6 is 0 Å². The first-order valence-corrected chi connectivity index (χ1v) is 8.50. The van der Waals surface area contributed by atoms with Crippen LogP contribution in [0.15, 0.2) is 47.3 Å². The molecule has 5 nitrogen and oxygen atoms in total. The van der Waals surface area contributed by atoms with Crippen LogP contribution < -0.4 is 0 Å². The van der Waals surface area contributed by atoms with E-state index in [1.807, 2.05) is 24.0 Å². The molecule has 126 valence electrons. The molecule has 24 heavy (non-hydrogen) atoms. The summed E-state index contributed by atoms with van der Waals surface area (Å²) in [6.07, 6.45) is 6.80. The maximum atomic E-state index is 5.84. The van der Waals surface area contributed by atoms with E-state index in [-0.39, 0.29) is 0 Å². The van der Waals surface area contributed by atoms with E-state index >= 15 is 0 Å². The molecule has 0 amide bonds. The number of hydrogen-bond donors (Lipinski definition) is 0. The predicted octanol–water partition coefficient (Wildman–Crippen LogP) is 2.86. The molecule has 3 aromatic rings. The second-order valence-corrected chi connectivity index (χ2v) is 6.70. The molecule has 1 atom stereocenters. The monoisotopic (exact) mass is 325 g/mol. The molecule has 0 radical (unpaired) electrons. The Morgan fingerprint density at radius 3 is 3.08 bits per heavy atom. The molecule has 3 heterocycles. The minimum Gasteiger partial charge on any atom is -0.464 e. The van der Waals surface area contributed by atoms with E-state index in [0.717, 1.165) is 50.2 Å². The zero-order chi connectivity index (χ0) is 16.4. The number of benzene rings is 1. The molecule has 0 aliphatic carbocycles. The van der Waals surface area contributed by atoms with Crippen molar-refractivity contribution in [2.24, 2.45) is 13.0 Å². The van der Waals surface area contributed by atoms with E-state index < -0.39 is 0 Å². The highest BCUT2D eigenvalue weighted by molar-refractivity contribution is 5.77. The first-order valence-electron chi connectivity index (χ1n) is 8.50. The summed E-state index contributed by atoms with van der Waals surface area (Å²) in [7, 11) is 1.96. The largest absolute Gasteiger partial charge is 0.464 e. The van der Waals surface area contributed by atoms with Crippen LogP contribution in [0, 0.1) is 5.92 Å². The average molecular weight is 325 g/mol. The molecule has 1 fully saturated rings. The lowest BCUT2D eigenvalue weighted by atomic mass is 9.99. The molecule has 1 aliphatic heterocycles. The summed E-state index contributed by atoms with van der Waals surface area (Å²) >= 11 is 0. The summed E-state index contributed by atoms with van der Waals surface area (Å²) in [5.74, 6) is 0.497. The van der Waals surface area contributed by atoms with E-state index in [2.05, 4.69) is 34.4 Å². The molecule has 0 N–H and O–H groups in total. The van der Waals surface area contributed by atoms with E-state index in [1.54, 1.807) is 6.26 Å². The highest BCUT2D eigenvalue weighted by Crippen LogP contribution is 2.21. The minimum absolute atomic E-state index is 0.497. The second-order valence-electron chi connectivity index (χ2n) is 6.70. The van der Waals surface area contributed by atoms with E-state index in [0.29, 0.717) is 5.92 Å². The van der Waals surface area contributed by atoms with Crippen molar-refractivity contribution in [1.82, 2.24) is 14.7 Å². The van der Waals surface area contributed by atoms with Crippen molar-refractivity contribution in [2.75, 3.05) is 26.3 Å². The van der Waals surface area contributed by atoms with Crippen molar-refractivity contribution in [3.8, 4) is 0 Å². The fraction of sp³-hybridized carbons (Fsp3) is 0.421. The first kappa shape index (κ1) is 15.4. The number of rotatable bonds is 4. The Morgan fingerprint density at radius 2 is 2.21 bits per heavy atom. The summed E-state index contributed by atoms with van der Waals surface area (Å²) in [6.45, 7) is 4.58. The Balaban J connectivity index is 1.43. The molecule has 1 aromatic carbocycles. The lowest BCUT2D eigenvalue weighted by Gasteiger charge is -2.22. The molecule has 4 rings (SSSR count). The van der Waals surface area contributed by atoms with Crippen LogP contribution in [-0.4, -0.2) is 41.0 Å². The summed E-state index contributed by atoms with van der Waals surface area (Å²) in [6, 6.07) is 8.50. The van der Waals surface area contributed by atoms with Gasteiger partial charge in [-0.1, -0.05) is 12.1 Å². The zero-order valence-electron chi connectivity index (χ0n) is 14.0. The lowest BCUT2D eigenvalue weighted by molar-refractivity contribution is 0.121. The highest BCUT2D eigenvalue weighted by atomic mass is 16.5. The molecule has 1 aliphatic rings. The van der Waals surface area contributed by atoms with Crippen LogP contribution in [0.1, 0.15) is 11.1 Å². The second kappa shape index (κ2) is 6.79. The Kier molecular flexibility index (Phi) is 4.36. The van der Waals surface area contributed by atoms with Gasteiger partial charge in [-0.3, -0.25) is 9.58 Å². The molecule has 0 spiro atoms. The van der Waals surface area contributed by atoms with Crippen LogP contribution in [0.5, 0.6) is 0 Å². The molecular formula is C19H23N3O2. The van der Waals surface area contributed by atoms with Crippen molar-refractivity contribution >= 4 is 11.0 Å². The molecule has 1 unspecified atom stereocenters. The molecule has 0 saturated carbocycles. The van der Waals surface area contributed by atoms with Crippen molar-refractivity contribution < 1.29 is 9.15 Å². The smallest absolute Gasteiger partial charge is 0.134 e. The van der Waals surface area contributed by atoms with Crippen LogP contribution in [0.3, 0.4) is 0 Å². The Labute approximate surface area is 141 Å². The number of furan rings is 1. The standard InChI is InChI=1S/C19H23N3O2/c1-21-11-17(10-20-21)13-22-5-7-23-14-16(12-22)8-15-2-3-18-4-6-24-19(18)9-15/h2-4,6,9-11,16H,5,7-8,12-14H2,1H3. The van der Waals surface area contributed by atoms with E-state index in [1.165, 1.54) is 11.1 Å². The van der Waals surface area contributed by atoms with Gasteiger partial charge in [-0.25, -0.2) is 0 Å². The Bertz CT molecular complexity index is 808. The normalized spacial score (nSPS) is 19.6. The number of fused-ring (bicyclic) bond motifs is 1. The number of aromatic nitrogens is 2. The Hall–Kier alpha value is -2.11. The Morgan fingerprint density at radius 1 is 1.25 bits per heavy atom. The van der Waals surface area contributed by atoms with Gasteiger partial charge >= 0.3 is 0 Å². The van der Waals surface area contributed by atoms with Gasteiger partial charge in [0, 0.05) is 43.8 Å². The van der Waals surface area contributed by atoms with Crippen LogP contribution in [0.25, 0.3) is 11.0 Å². The van der Waals surface area contributed by atoms with Crippen molar-refractivity contribution in [2.45, 2.75) is 13.0 Å². The van der Waals surface area contributed by atoms with Gasteiger partial charge in [0.15, 0.2) is 0 Å².